The summed E-state index contributed by atoms with van der Waals surface area (Å²) in [4.78, 5) is 25.1. The molecule has 12 nitrogen and oxygen atoms in total. The molecule has 0 amide bonds. The van der Waals surface area contributed by atoms with Gasteiger partial charge in [-0.3, -0.25) is 13.9 Å². The van der Waals surface area contributed by atoms with Gasteiger partial charge in [-0.15, -0.1) is 0 Å². The summed E-state index contributed by atoms with van der Waals surface area (Å²) in [5, 5.41) is 2.68. The van der Waals surface area contributed by atoms with Gasteiger partial charge in [0.25, 0.3) is 0 Å². The van der Waals surface area contributed by atoms with Crippen molar-refractivity contribution in [3.63, 3.8) is 0 Å². The second kappa shape index (κ2) is 11.7. The number of nitrogens with one attached hydrogen (secondary N) is 1. The van der Waals surface area contributed by atoms with Gasteiger partial charge >= 0.3 is 13.7 Å². The Bertz CT molecular complexity index is 1500. The molecule has 0 bridgehead atoms. The Morgan fingerprint density at radius 2 is 1.85 bits per heavy atom. The number of carbonyl (C=O) groups is 1. The third-order valence-electron chi connectivity index (χ3n) is 5.77. The Morgan fingerprint density at radius 3 is 2.62 bits per heavy atom. The van der Waals surface area contributed by atoms with Crippen LogP contribution in [0, 0.1) is 0 Å². The molecule has 0 aliphatic carbocycles. The summed E-state index contributed by atoms with van der Waals surface area (Å²) in [6, 6.07) is 16.8. The minimum Gasteiger partial charge on any atom is -0.460 e. The number of nitrogens with two attached hydrogens (primary N) is 1. The molecule has 3 heterocycles. The molecule has 2 aromatic heterocycles. The zero-order valence-corrected chi connectivity index (χ0v) is 21.9. The van der Waals surface area contributed by atoms with Crippen LogP contribution in [0.3, 0.4) is 0 Å². The number of benzene rings is 2. The zero-order chi connectivity index (χ0) is 27.2. The van der Waals surface area contributed by atoms with Crippen molar-refractivity contribution >= 4 is 30.7 Å². The Kier molecular flexibility index (Phi) is 7.99. The third-order valence-corrected chi connectivity index (χ3v) is 7.42. The number of fused-ring (bicyclic) bond motifs is 1. The van der Waals surface area contributed by atoms with Crippen LogP contribution < -0.4 is 15.3 Å². The number of hydrogen-bond acceptors (Lipinski definition) is 10. The first-order chi connectivity index (χ1) is 18.9. The van der Waals surface area contributed by atoms with E-state index in [2.05, 4.69) is 20.0 Å². The summed E-state index contributed by atoms with van der Waals surface area (Å²) >= 11 is 0. The molecule has 13 heteroatoms. The van der Waals surface area contributed by atoms with Gasteiger partial charge in [0.1, 0.15) is 36.3 Å². The molecule has 2 aromatic carbocycles. The molecule has 0 fully saturated rings. The van der Waals surface area contributed by atoms with E-state index in [9.17, 15) is 9.36 Å². The fraction of sp³-hybridized carbons (Fsp3) is 0.231. The highest BCUT2D eigenvalue weighted by atomic mass is 31.2. The largest absolute Gasteiger partial charge is 0.460 e. The van der Waals surface area contributed by atoms with Gasteiger partial charge in [-0.1, -0.05) is 54.6 Å². The molecule has 4 atom stereocenters. The first kappa shape index (κ1) is 26.5. The lowest BCUT2D eigenvalue weighted by Gasteiger charge is -2.24. The SMILES string of the molecule is CC(NP(=O)(OCC1C=CC(n2cnc3c(N)ncnc32)O1)Oc1ccccc1)C(=O)OCc1ccccc1. The molecular formula is C26H27N6O6P. The van der Waals surface area contributed by atoms with Crippen molar-refractivity contribution in [2.24, 2.45) is 0 Å². The van der Waals surface area contributed by atoms with Gasteiger partial charge in [-0.05, 0) is 30.7 Å². The number of para-hydroxylation sites is 1. The fourth-order valence-corrected chi connectivity index (χ4v) is 5.33. The fourth-order valence-electron chi connectivity index (χ4n) is 3.82. The summed E-state index contributed by atoms with van der Waals surface area (Å²) in [6.45, 7) is 1.48. The smallest absolute Gasteiger partial charge is 0.459 e. The van der Waals surface area contributed by atoms with Crippen LogP contribution >= 0.6 is 7.75 Å². The van der Waals surface area contributed by atoms with E-state index in [0.29, 0.717) is 16.9 Å². The van der Waals surface area contributed by atoms with E-state index in [4.69, 9.17) is 24.3 Å². The van der Waals surface area contributed by atoms with Crippen LogP contribution in [0.15, 0.2) is 85.5 Å². The normalized spacial score (nSPS) is 19.0. The first-order valence-corrected chi connectivity index (χ1v) is 13.7. The number of esters is 1. The summed E-state index contributed by atoms with van der Waals surface area (Å²) in [5.74, 6) is -0.0344. The Balaban J connectivity index is 1.23. The molecule has 1 aliphatic rings. The van der Waals surface area contributed by atoms with Gasteiger partial charge in [0.15, 0.2) is 17.7 Å². The molecular weight excluding hydrogens is 523 g/mol. The highest BCUT2D eigenvalue weighted by Crippen LogP contribution is 2.45. The molecule has 0 spiro atoms. The number of anilines is 1. The van der Waals surface area contributed by atoms with Crippen LogP contribution in [0.25, 0.3) is 11.2 Å². The van der Waals surface area contributed by atoms with Crippen LogP contribution in [0.5, 0.6) is 5.75 Å². The topological polar surface area (TPSA) is 153 Å². The lowest BCUT2D eigenvalue weighted by atomic mass is 10.2. The number of nitrogen functional groups attached to an aromatic ring is 1. The minimum absolute atomic E-state index is 0.0813. The molecule has 4 aromatic rings. The summed E-state index contributed by atoms with van der Waals surface area (Å²) in [7, 11) is -4.05. The van der Waals surface area contributed by atoms with Crippen molar-refractivity contribution in [1.82, 2.24) is 24.6 Å². The molecule has 39 heavy (non-hydrogen) atoms. The van der Waals surface area contributed by atoms with E-state index >= 15 is 0 Å². The monoisotopic (exact) mass is 550 g/mol. The number of rotatable bonds is 11. The van der Waals surface area contributed by atoms with E-state index in [1.807, 2.05) is 30.3 Å². The molecule has 202 valence electrons. The standard InChI is InChI=1S/C26H27N6O6P/c1-18(26(33)35-14-19-8-4-2-5-9-19)31-39(34,38-20-10-6-3-7-11-20)36-15-21-12-13-22(37-21)32-17-30-23-24(27)28-16-29-25(23)32/h2-13,16-18,21-22H,14-15H2,1H3,(H,31,34)(H2,27,28,29). The number of carbonyl (C=O) groups excluding carboxylic acids is 1. The second-order valence-electron chi connectivity index (χ2n) is 8.67. The lowest BCUT2D eigenvalue weighted by Crippen LogP contribution is -2.35. The van der Waals surface area contributed by atoms with Crippen molar-refractivity contribution in [3.8, 4) is 5.75 Å². The predicted molar refractivity (Wildman–Crippen MR) is 142 cm³/mol. The molecule has 3 N–H and O–H groups in total. The Morgan fingerprint density at radius 1 is 1.10 bits per heavy atom. The Hall–Kier alpha value is -4.09. The van der Waals surface area contributed by atoms with Gasteiger partial charge in [-0.25, -0.2) is 19.5 Å². The Labute approximate surface area is 224 Å². The molecule has 0 saturated carbocycles. The van der Waals surface area contributed by atoms with Gasteiger partial charge in [0.2, 0.25) is 0 Å². The molecule has 5 rings (SSSR count). The van der Waals surface area contributed by atoms with Crippen molar-refractivity contribution < 1.29 is 27.9 Å². The first-order valence-electron chi connectivity index (χ1n) is 12.1. The van der Waals surface area contributed by atoms with E-state index in [1.165, 1.54) is 13.3 Å². The van der Waals surface area contributed by atoms with Crippen LogP contribution in [0.4, 0.5) is 5.82 Å². The van der Waals surface area contributed by atoms with Crippen LogP contribution in [-0.2, 0) is 30.0 Å². The summed E-state index contributed by atoms with van der Waals surface area (Å²) in [6.07, 6.45) is 5.37. The van der Waals surface area contributed by atoms with E-state index in [1.54, 1.807) is 53.4 Å². The summed E-state index contributed by atoms with van der Waals surface area (Å²) in [5.41, 5.74) is 7.68. The van der Waals surface area contributed by atoms with Crippen LogP contribution in [-0.4, -0.2) is 44.2 Å². The molecule has 1 aliphatic heterocycles. The third kappa shape index (κ3) is 6.50. The molecule has 4 unspecified atom stereocenters. The minimum atomic E-state index is -4.05. The predicted octanol–water partition coefficient (Wildman–Crippen LogP) is 3.79. The number of nitrogens with zero attached hydrogens (tertiary/aromatic N) is 4. The van der Waals surface area contributed by atoms with Gasteiger partial charge < -0.3 is 19.7 Å². The number of ether oxygens (including phenoxy) is 2. The average Bonchev–Trinajstić information content (AvgIpc) is 3.59. The zero-order valence-electron chi connectivity index (χ0n) is 21.0. The van der Waals surface area contributed by atoms with Crippen LogP contribution in [0.1, 0.15) is 18.7 Å². The number of imidazole rings is 1. The van der Waals surface area contributed by atoms with Gasteiger partial charge in [0.05, 0.1) is 12.9 Å². The summed E-state index contributed by atoms with van der Waals surface area (Å²) < 4.78 is 38.3. The van der Waals surface area contributed by atoms with Crippen molar-refractivity contribution in [2.45, 2.75) is 31.9 Å². The van der Waals surface area contributed by atoms with Crippen molar-refractivity contribution in [1.29, 1.82) is 0 Å². The number of aromatic nitrogens is 4. The van der Waals surface area contributed by atoms with E-state index in [-0.39, 0.29) is 19.0 Å². The average molecular weight is 551 g/mol. The van der Waals surface area contributed by atoms with E-state index in [0.717, 1.165) is 5.56 Å². The van der Waals surface area contributed by atoms with Crippen molar-refractivity contribution in [2.75, 3.05) is 12.3 Å². The quantitative estimate of drug-likeness (QED) is 0.159. The lowest BCUT2D eigenvalue weighted by molar-refractivity contribution is -0.146. The maximum Gasteiger partial charge on any atom is 0.459 e. The van der Waals surface area contributed by atoms with Crippen molar-refractivity contribution in [3.05, 3.63) is 91.0 Å². The van der Waals surface area contributed by atoms with Gasteiger partial charge in [-0.2, -0.15) is 5.09 Å². The van der Waals surface area contributed by atoms with Crippen LogP contribution in [0.2, 0.25) is 0 Å². The highest BCUT2D eigenvalue weighted by Gasteiger charge is 2.34. The maximum absolute atomic E-state index is 13.8. The second-order valence-corrected chi connectivity index (χ2v) is 10.4. The van der Waals surface area contributed by atoms with Gasteiger partial charge in [0, 0.05) is 0 Å². The molecule has 0 saturated heterocycles. The molecule has 0 radical (unpaired) electrons. The number of hydrogen-bond donors (Lipinski definition) is 2. The van der Waals surface area contributed by atoms with E-state index < -0.39 is 32.1 Å². The highest BCUT2D eigenvalue weighted by molar-refractivity contribution is 7.52. The maximum atomic E-state index is 13.8.